The Hall–Kier alpha value is -2.31. The smallest absolute Gasteiger partial charge is 0.193 e. The van der Waals surface area contributed by atoms with Crippen LogP contribution in [0.5, 0.6) is 0 Å². The van der Waals surface area contributed by atoms with Gasteiger partial charge < -0.3 is 19.4 Å². The Morgan fingerprint density at radius 1 is 1.16 bits per heavy atom. The van der Waals surface area contributed by atoms with Gasteiger partial charge in [-0.3, -0.25) is 9.89 Å². The first-order valence-electron chi connectivity index (χ1n) is 11.6. The molecule has 0 aliphatic carbocycles. The molecule has 1 aromatic heterocycles. The summed E-state index contributed by atoms with van der Waals surface area (Å²) < 4.78 is 12.0. The molecule has 31 heavy (non-hydrogen) atoms. The molecule has 0 amide bonds. The summed E-state index contributed by atoms with van der Waals surface area (Å²) in [7, 11) is 1.88. The second-order valence-corrected chi connectivity index (χ2v) is 8.74. The minimum Gasteiger partial charge on any atom is -0.465 e. The quantitative estimate of drug-likeness (QED) is 0.515. The first-order valence-corrected chi connectivity index (χ1v) is 11.6. The lowest BCUT2D eigenvalue weighted by atomic mass is 10.1. The highest BCUT2D eigenvalue weighted by Crippen LogP contribution is 2.26. The highest BCUT2D eigenvalue weighted by molar-refractivity contribution is 5.80. The lowest BCUT2D eigenvalue weighted by Crippen LogP contribution is -2.44. The average Bonchev–Trinajstić information content (AvgIpc) is 3.55. The number of furan rings is 1. The lowest BCUT2D eigenvalue weighted by Gasteiger charge is -2.29. The van der Waals surface area contributed by atoms with Gasteiger partial charge in [0, 0.05) is 32.6 Å². The molecule has 1 aromatic carbocycles. The van der Waals surface area contributed by atoms with Gasteiger partial charge in [-0.15, -0.1) is 0 Å². The molecule has 168 valence electrons. The predicted molar refractivity (Wildman–Crippen MR) is 124 cm³/mol. The standard InChI is InChI=1S/C25H36N4O2/c1-20-10-11-24(31-20)23(28-13-6-7-14-28)16-27-25(26-2)29-15-12-22(17-29)19-30-18-21-8-4-3-5-9-21/h3-5,8-11,22-23H,6-7,12-19H2,1-2H3,(H,26,27). The Balaban J connectivity index is 1.27. The summed E-state index contributed by atoms with van der Waals surface area (Å²) in [4.78, 5) is 9.47. The number of nitrogens with one attached hydrogen (secondary N) is 1. The molecule has 6 heteroatoms. The Bertz CT molecular complexity index is 829. The summed E-state index contributed by atoms with van der Waals surface area (Å²) in [5.74, 6) is 3.56. The van der Waals surface area contributed by atoms with Gasteiger partial charge in [0.1, 0.15) is 11.5 Å². The monoisotopic (exact) mass is 424 g/mol. The number of aliphatic imine (C=N–C) groups is 1. The number of aryl methyl sites for hydroxylation is 1. The summed E-state index contributed by atoms with van der Waals surface area (Å²) in [6, 6.07) is 14.8. The first kappa shape index (κ1) is 21.9. The van der Waals surface area contributed by atoms with Crippen LogP contribution in [0.15, 0.2) is 51.9 Å². The summed E-state index contributed by atoms with van der Waals surface area (Å²) >= 11 is 0. The van der Waals surface area contributed by atoms with Crippen LogP contribution in [-0.2, 0) is 11.3 Å². The summed E-state index contributed by atoms with van der Waals surface area (Å²) in [6.45, 7) is 8.59. The number of benzene rings is 1. The van der Waals surface area contributed by atoms with Crippen molar-refractivity contribution in [2.45, 2.75) is 38.8 Å². The van der Waals surface area contributed by atoms with Crippen molar-refractivity contribution in [3.05, 3.63) is 59.5 Å². The zero-order valence-corrected chi connectivity index (χ0v) is 18.9. The highest BCUT2D eigenvalue weighted by Gasteiger charge is 2.29. The fraction of sp³-hybridized carbons (Fsp3) is 0.560. The molecule has 2 unspecified atom stereocenters. The molecule has 6 nitrogen and oxygen atoms in total. The molecule has 2 aliphatic rings. The van der Waals surface area contributed by atoms with E-state index in [4.69, 9.17) is 9.15 Å². The van der Waals surface area contributed by atoms with Crippen molar-refractivity contribution >= 4 is 5.96 Å². The van der Waals surface area contributed by atoms with E-state index in [0.717, 1.165) is 63.2 Å². The Kier molecular flexibility index (Phi) is 7.65. The van der Waals surface area contributed by atoms with Gasteiger partial charge in [0.2, 0.25) is 0 Å². The van der Waals surface area contributed by atoms with E-state index in [-0.39, 0.29) is 6.04 Å². The molecule has 2 saturated heterocycles. The predicted octanol–water partition coefficient (Wildman–Crippen LogP) is 3.84. The van der Waals surface area contributed by atoms with Crippen LogP contribution in [-0.4, -0.2) is 62.1 Å². The van der Waals surface area contributed by atoms with Gasteiger partial charge in [-0.25, -0.2) is 0 Å². The van der Waals surface area contributed by atoms with E-state index in [1.165, 1.54) is 18.4 Å². The van der Waals surface area contributed by atoms with E-state index in [1.807, 2.05) is 20.0 Å². The molecule has 0 spiro atoms. The zero-order valence-electron chi connectivity index (χ0n) is 18.9. The van der Waals surface area contributed by atoms with Crippen molar-refractivity contribution in [3.8, 4) is 0 Å². The second-order valence-electron chi connectivity index (χ2n) is 8.74. The van der Waals surface area contributed by atoms with Gasteiger partial charge >= 0.3 is 0 Å². The van der Waals surface area contributed by atoms with E-state index in [2.05, 4.69) is 56.5 Å². The van der Waals surface area contributed by atoms with Crippen molar-refractivity contribution in [1.82, 2.24) is 15.1 Å². The van der Waals surface area contributed by atoms with Crippen molar-refractivity contribution in [2.75, 3.05) is 46.4 Å². The fourth-order valence-corrected chi connectivity index (χ4v) is 4.69. The average molecular weight is 425 g/mol. The highest BCUT2D eigenvalue weighted by atomic mass is 16.5. The summed E-state index contributed by atoms with van der Waals surface area (Å²) in [5.41, 5.74) is 1.23. The van der Waals surface area contributed by atoms with Gasteiger partial charge in [-0.1, -0.05) is 30.3 Å². The molecule has 2 aliphatic heterocycles. The minimum atomic E-state index is 0.251. The van der Waals surface area contributed by atoms with Gasteiger partial charge in [-0.2, -0.15) is 0 Å². The maximum atomic E-state index is 6.00. The van der Waals surface area contributed by atoms with E-state index in [0.29, 0.717) is 12.5 Å². The molecule has 0 saturated carbocycles. The third-order valence-electron chi connectivity index (χ3n) is 6.39. The Morgan fingerprint density at radius 3 is 2.68 bits per heavy atom. The van der Waals surface area contributed by atoms with Crippen LogP contribution < -0.4 is 5.32 Å². The van der Waals surface area contributed by atoms with Crippen LogP contribution in [0.4, 0.5) is 0 Å². The van der Waals surface area contributed by atoms with E-state index in [1.54, 1.807) is 0 Å². The number of hydrogen-bond donors (Lipinski definition) is 1. The summed E-state index contributed by atoms with van der Waals surface area (Å²) in [5, 5.41) is 3.63. The van der Waals surface area contributed by atoms with Crippen molar-refractivity contribution in [3.63, 3.8) is 0 Å². The van der Waals surface area contributed by atoms with Crippen LogP contribution in [0.1, 0.15) is 42.4 Å². The van der Waals surface area contributed by atoms with E-state index >= 15 is 0 Å². The normalized spacial score (nSPS) is 21.0. The third-order valence-corrected chi connectivity index (χ3v) is 6.39. The van der Waals surface area contributed by atoms with Crippen molar-refractivity contribution in [2.24, 2.45) is 10.9 Å². The van der Waals surface area contributed by atoms with Crippen LogP contribution in [0, 0.1) is 12.8 Å². The van der Waals surface area contributed by atoms with Gasteiger partial charge in [0.25, 0.3) is 0 Å². The fourth-order valence-electron chi connectivity index (χ4n) is 4.69. The molecule has 4 rings (SSSR count). The molecule has 1 N–H and O–H groups in total. The molecule has 2 atom stereocenters. The van der Waals surface area contributed by atoms with Crippen LogP contribution in [0.2, 0.25) is 0 Å². The first-order chi connectivity index (χ1) is 15.2. The molecule has 0 radical (unpaired) electrons. The number of nitrogens with zero attached hydrogens (tertiary/aromatic N) is 3. The van der Waals surface area contributed by atoms with Crippen LogP contribution in [0.3, 0.4) is 0 Å². The third kappa shape index (κ3) is 5.89. The van der Waals surface area contributed by atoms with Crippen molar-refractivity contribution in [1.29, 1.82) is 0 Å². The van der Waals surface area contributed by atoms with Gasteiger partial charge in [0.15, 0.2) is 5.96 Å². The van der Waals surface area contributed by atoms with E-state index < -0.39 is 0 Å². The SMILES string of the molecule is CN=C(NCC(c1ccc(C)o1)N1CCCC1)N1CCC(COCc2ccccc2)C1. The van der Waals surface area contributed by atoms with E-state index in [9.17, 15) is 0 Å². The largest absolute Gasteiger partial charge is 0.465 e. The molecule has 2 fully saturated rings. The minimum absolute atomic E-state index is 0.251. The van der Waals surface area contributed by atoms with Gasteiger partial charge in [0.05, 0.1) is 19.3 Å². The molecule has 2 aromatic rings. The second kappa shape index (κ2) is 10.8. The zero-order chi connectivity index (χ0) is 21.5. The number of ether oxygens (including phenoxy) is 1. The molecule has 0 bridgehead atoms. The number of likely N-dealkylation sites (tertiary alicyclic amines) is 2. The van der Waals surface area contributed by atoms with Crippen LogP contribution in [0.25, 0.3) is 0 Å². The molecular formula is C25H36N4O2. The lowest BCUT2D eigenvalue weighted by molar-refractivity contribution is 0.0906. The topological polar surface area (TPSA) is 53.2 Å². The molecule has 3 heterocycles. The number of hydrogen-bond acceptors (Lipinski definition) is 4. The van der Waals surface area contributed by atoms with Crippen molar-refractivity contribution < 1.29 is 9.15 Å². The van der Waals surface area contributed by atoms with Gasteiger partial charge in [-0.05, 0) is 57.0 Å². The Morgan fingerprint density at radius 2 is 1.97 bits per heavy atom. The molecular weight excluding hydrogens is 388 g/mol. The van der Waals surface area contributed by atoms with Crippen LogP contribution >= 0.6 is 0 Å². The maximum Gasteiger partial charge on any atom is 0.193 e. The number of guanidine groups is 1. The maximum absolute atomic E-state index is 6.00. The summed E-state index contributed by atoms with van der Waals surface area (Å²) in [6.07, 6.45) is 3.67. The Labute approximate surface area is 186 Å². The number of rotatable bonds is 8.